The van der Waals surface area contributed by atoms with E-state index in [1.807, 2.05) is 0 Å². The molecule has 1 rings (SSSR count). The largest absolute Gasteiger partial charge is 0.313 e. The number of nitrogens with one attached hydrogen (secondary N) is 1. The van der Waals surface area contributed by atoms with Crippen LogP contribution in [0.25, 0.3) is 0 Å². The molecule has 83 valence electrons. The molecule has 1 aliphatic heterocycles. The van der Waals surface area contributed by atoms with Crippen LogP contribution in [0.1, 0.15) is 39.0 Å². The van der Waals surface area contributed by atoms with Crippen molar-refractivity contribution in [2.45, 2.75) is 45.1 Å². The summed E-state index contributed by atoms with van der Waals surface area (Å²) in [6.07, 6.45) is 4.92. The summed E-state index contributed by atoms with van der Waals surface area (Å²) in [6, 6.07) is 0.0987. The van der Waals surface area contributed by atoms with Crippen LogP contribution in [0.5, 0.6) is 0 Å². The van der Waals surface area contributed by atoms with Crippen molar-refractivity contribution < 1.29 is 8.42 Å². The lowest BCUT2D eigenvalue weighted by atomic mass is 10.3. The first kappa shape index (κ1) is 12.0. The highest BCUT2D eigenvalue weighted by molar-refractivity contribution is 7.93. The van der Waals surface area contributed by atoms with Crippen LogP contribution >= 0.6 is 0 Å². The molecule has 1 saturated heterocycles. The Hall–Kier alpha value is -0.0900. The summed E-state index contributed by atoms with van der Waals surface area (Å²) in [4.78, 5) is 0. The lowest BCUT2D eigenvalue weighted by Gasteiger charge is -2.09. The zero-order valence-corrected chi connectivity index (χ0v) is 9.65. The minimum absolute atomic E-state index is 0.0987. The van der Waals surface area contributed by atoms with Gasteiger partial charge in [0.1, 0.15) is 0 Å². The highest BCUT2D eigenvalue weighted by atomic mass is 32.2. The van der Waals surface area contributed by atoms with E-state index in [2.05, 4.69) is 12.2 Å². The zero-order valence-electron chi connectivity index (χ0n) is 8.83. The number of hydrogen-bond acceptors (Lipinski definition) is 3. The molecule has 1 unspecified atom stereocenters. The normalized spacial score (nSPS) is 22.8. The Kier molecular flexibility index (Phi) is 4.89. The second-order valence-electron chi connectivity index (χ2n) is 3.91. The van der Waals surface area contributed by atoms with Gasteiger partial charge in [-0.15, -0.1) is 0 Å². The summed E-state index contributed by atoms with van der Waals surface area (Å²) >= 11 is 0. The van der Waals surface area contributed by atoms with E-state index in [9.17, 15) is 8.42 Å². The summed E-state index contributed by atoms with van der Waals surface area (Å²) in [5, 5.41) is 3.17. The molecule has 1 atom stereocenters. The summed E-state index contributed by atoms with van der Waals surface area (Å²) < 4.78 is 23.1. The van der Waals surface area contributed by atoms with Gasteiger partial charge >= 0.3 is 0 Å². The Morgan fingerprint density at radius 2 is 2.21 bits per heavy atom. The highest BCUT2D eigenvalue weighted by Gasteiger charge is 2.21. The first-order valence-corrected chi connectivity index (χ1v) is 7.16. The molecule has 0 aromatic rings. The Morgan fingerprint density at radius 3 is 2.79 bits per heavy atom. The monoisotopic (exact) mass is 218 g/mol. The van der Waals surface area contributed by atoms with Crippen molar-refractivity contribution in [2.75, 3.05) is 12.3 Å². The van der Waals surface area contributed by atoms with Gasteiger partial charge in [0.2, 0.25) is 0 Å². The third-order valence-electron chi connectivity index (χ3n) is 2.50. The van der Waals surface area contributed by atoms with Gasteiger partial charge < -0.3 is 5.32 Å². The molecule has 1 aliphatic rings. The Balaban J connectivity index is 2.26. The average molecular weight is 218 g/mol. The molecule has 0 aliphatic carbocycles. The molecule has 1 N–H and O–H groups in total. The van der Waals surface area contributed by atoms with Gasteiger partial charge in [0.05, 0.1) is 11.5 Å². The quantitative estimate of drug-likeness (QED) is 0.687. The standard InChI is InChI=1S/C10H20NO2S/c1-2-3-4-8-14(12,13)9-10-6-5-7-11-10/h9-11H,2-8H2,1H3. The van der Waals surface area contributed by atoms with E-state index in [0.29, 0.717) is 5.75 Å². The second kappa shape index (κ2) is 5.71. The van der Waals surface area contributed by atoms with E-state index in [0.717, 1.165) is 38.6 Å². The maximum absolute atomic E-state index is 11.6. The van der Waals surface area contributed by atoms with Gasteiger partial charge in [-0.3, -0.25) is 0 Å². The SMILES string of the molecule is CCCCCS(=O)(=O)[CH]C1CCCN1. The summed E-state index contributed by atoms with van der Waals surface area (Å²) in [5.74, 6) is 1.83. The van der Waals surface area contributed by atoms with Gasteiger partial charge in [-0.05, 0) is 25.8 Å². The molecule has 1 fully saturated rings. The predicted molar refractivity (Wildman–Crippen MR) is 58.6 cm³/mol. The first-order valence-electron chi connectivity index (χ1n) is 5.45. The van der Waals surface area contributed by atoms with Gasteiger partial charge in [0.15, 0.2) is 9.84 Å². The molecule has 0 bridgehead atoms. The molecule has 0 spiro atoms. The zero-order chi connectivity index (χ0) is 10.4. The van der Waals surface area contributed by atoms with Crippen LogP contribution in [0.2, 0.25) is 0 Å². The van der Waals surface area contributed by atoms with Crippen molar-refractivity contribution in [1.29, 1.82) is 0 Å². The molecule has 0 aromatic heterocycles. The third-order valence-corrected chi connectivity index (χ3v) is 4.10. The van der Waals surface area contributed by atoms with Crippen LogP contribution in [0.4, 0.5) is 0 Å². The molecule has 0 saturated carbocycles. The van der Waals surface area contributed by atoms with Gasteiger partial charge in [0, 0.05) is 6.04 Å². The minimum atomic E-state index is -2.92. The molecule has 14 heavy (non-hydrogen) atoms. The second-order valence-corrected chi connectivity index (χ2v) is 5.92. The number of sulfone groups is 1. The Labute approximate surface area is 87.2 Å². The fourth-order valence-electron chi connectivity index (χ4n) is 1.70. The highest BCUT2D eigenvalue weighted by Crippen LogP contribution is 2.13. The van der Waals surface area contributed by atoms with Crippen molar-refractivity contribution in [3.63, 3.8) is 0 Å². The maximum Gasteiger partial charge on any atom is 0.156 e. The van der Waals surface area contributed by atoms with Crippen molar-refractivity contribution in [1.82, 2.24) is 5.32 Å². The number of rotatable bonds is 6. The van der Waals surface area contributed by atoms with E-state index in [1.54, 1.807) is 0 Å². The lowest BCUT2D eigenvalue weighted by molar-refractivity contribution is 0.586. The fourth-order valence-corrected chi connectivity index (χ4v) is 3.17. The van der Waals surface area contributed by atoms with Gasteiger partial charge in [0.25, 0.3) is 0 Å². The van der Waals surface area contributed by atoms with E-state index < -0.39 is 9.84 Å². The van der Waals surface area contributed by atoms with E-state index in [-0.39, 0.29) is 6.04 Å². The predicted octanol–water partition coefficient (Wildman–Crippen LogP) is 1.51. The molecule has 1 heterocycles. The molecule has 4 heteroatoms. The van der Waals surface area contributed by atoms with Crippen LogP contribution in [-0.4, -0.2) is 26.8 Å². The van der Waals surface area contributed by atoms with E-state index in [4.69, 9.17) is 0 Å². The van der Waals surface area contributed by atoms with Crippen LogP contribution < -0.4 is 5.32 Å². The van der Waals surface area contributed by atoms with Gasteiger partial charge in [-0.1, -0.05) is 19.8 Å². The van der Waals surface area contributed by atoms with Crippen LogP contribution in [-0.2, 0) is 9.84 Å². The maximum atomic E-state index is 11.6. The van der Waals surface area contributed by atoms with Crippen molar-refractivity contribution in [2.24, 2.45) is 0 Å². The Morgan fingerprint density at radius 1 is 1.43 bits per heavy atom. The molecular formula is C10H20NO2S. The van der Waals surface area contributed by atoms with Crippen molar-refractivity contribution in [3.8, 4) is 0 Å². The molecule has 0 aromatic carbocycles. The number of hydrogen-bond donors (Lipinski definition) is 1. The first-order chi connectivity index (χ1) is 6.64. The number of unbranched alkanes of at least 4 members (excludes halogenated alkanes) is 2. The van der Waals surface area contributed by atoms with Crippen molar-refractivity contribution in [3.05, 3.63) is 5.75 Å². The smallest absolute Gasteiger partial charge is 0.156 e. The summed E-state index contributed by atoms with van der Waals surface area (Å²) in [6.45, 7) is 3.03. The van der Waals surface area contributed by atoms with E-state index >= 15 is 0 Å². The van der Waals surface area contributed by atoms with Crippen LogP contribution in [0, 0.1) is 5.75 Å². The fraction of sp³-hybridized carbons (Fsp3) is 0.900. The third kappa shape index (κ3) is 4.42. The molecule has 1 radical (unpaired) electrons. The van der Waals surface area contributed by atoms with Crippen LogP contribution in [0.3, 0.4) is 0 Å². The van der Waals surface area contributed by atoms with Gasteiger partial charge in [-0.2, -0.15) is 0 Å². The topological polar surface area (TPSA) is 46.2 Å². The minimum Gasteiger partial charge on any atom is -0.313 e. The van der Waals surface area contributed by atoms with E-state index in [1.165, 1.54) is 5.75 Å². The summed E-state index contributed by atoms with van der Waals surface area (Å²) in [5.41, 5.74) is 0. The molecular weight excluding hydrogens is 198 g/mol. The van der Waals surface area contributed by atoms with Crippen LogP contribution in [0.15, 0.2) is 0 Å². The van der Waals surface area contributed by atoms with Gasteiger partial charge in [-0.25, -0.2) is 8.42 Å². The van der Waals surface area contributed by atoms with Crippen molar-refractivity contribution >= 4 is 9.84 Å². The summed E-state index contributed by atoms with van der Waals surface area (Å²) in [7, 11) is -2.92. The average Bonchev–Trinajstić information content (AvgIpc) is 2.56. The lowest BCUT2D eigenvalue weighted by Crippen LogP contribution is -2.26. The molecule has 0 amide bonds. The Bertz CT molecular complexity index is 243. The molecule has 3 nitrogen and oxygen atoms in total.